The first-order valence-corrected chi connectivity index (χ1v) is 12.9. The fraction of sp³-hybridized carbons (Fsp3) is 0.259. The van der Waals surface area contributed by atoms with Crippen LogP contribution >= 0.6 is 0 Å². The predicted octanol–water partition coefficient (Wildman–Crippen LogP) is 4.88. The second kappa shape index (κ2) is 11.1. The Bertz CT molecular complexity index is 1220. The molecule has 0 spiro atoms. The molecule has 34 heavy (non-hydrogen) atoms. The molecule has 0 radical (unpaired) electrons. The highest BCUT2D eigenvalue weighted by Crippen LogP contribution is 2.24. The number of benzene rings is 3. The van der Waals surface area contributed by atoms with Crippen molar-refractivity contribution in [3.05, 3.63) is 95.6 Å². The summed E-state index contributed by atoms with van der Waals surface area (Å²) >= 11 is 0. The SMILES string of the molecule is CC[C@@H](c1ccccc1)N(C)C(=O)c1ccc(NC(=O)Cc2ccc(S(=O)(=O)CC)cc2)cc1. The highest BCUT2D eigenvalue weighted by molar-refractivity contribution is 7.91. The summed E-state index contributed by atoms with van der Waals surface area (Å²) in [5, 5.41) is 2.82. The van der Waals surface area contributed by atoms with Gasteiger partial charge in [0.2, 0.25) is 5.91 Å². The molecule has 3 aromatic rings. The molecule has 7 heteroatoms. The van der Waals surface area contributed by atoms with E-state index in [1.807, 2.05) is 30.3 Å². The van der Waals surface area contributed by atoms with Crippen LogP contribution in [-0.4, -0.2) is 37.9 Å². The summed E-state index contributed by atoms with van der Waals surface area (Å²) in [5.41, 5.74) is 2.93. The highest BCUT2D eigenvalue weighted by Gasteiger charge is 2.21. The molecule has 1 atom stereocenters. The van der Waals surface area contributed by atoms with Gasteiger partial charge in [-0.3, -0.25) is 9.59 Å². The molecule has 6 nitrogen and oxygen atoms in total. The van der Waals surface area contributed by atoms with Crippen molar-refractivity contribution in [3.8, 4) is 0 Å². The monoisotopic (exact) mass is 478 g/mol. The fourth-order valence-electron chi connectivity index (χ4n) is 3.82. The third-order valence-corrected chi connectivity index (χ3v) is 7.55. The topological polar surface area (TPSA) is 83.6 Å². The zero-order valence-electron chi connectivity index (χ0n) is 19.7. The Morgan fingerprint density at radius 1 is 0.882 bits per heavy atom. The molecule has 0 unspecified atom stereocenters. The molecule has 0 aromatic heterocycles. The second-order valence-corrected chi connectivity index (χ2v) is 10.4. The standard InChI is InChI=1S/C27H30N2O4S/c1-4-25(21-9-7-6-8-10-21)29(3)27(31)22-13-15-23(16-14-22)28-26(30)19-20-11-17-24(18-12-20)34(32,33)5-2/h6-18,25H,4-5,19H2,1-3H3,(H,28,30)/t25-/m0/s1. The van der Waals surface area contributed by atoms with Gasteiger partial charge in [0.25, 0.3) is 5.91 Å². The van der Waals surface area contributed by atoms with Crippen LogP contribution < -0.4 is 5.32 Å². The number of carbonyl (C=O) groups excluding carboxylic acids is 2. The van der Waals surface area contributed by atoms with Crippen molar-refractivity contribution in [1.29, 1.82) is 0 Å². The van der Waals surface area contributed by atoms with Crippen LogP contribution in [0.3, 0.4) is 0 Å². The zero-order chi connectivity index (χ0) is 24.7. The summed E-state index contributed by atoms with van der Waals surface area (Å²) in [6, 6.07) is 23.1. The lowest BCUT2D eigenvalue weighted by Gasteiger charge is -2.28. The van der Waals surface area contributed by atoms with Gasteiger partial charge in [-0.15, -0.1) is 0 Å². The van der Waals surface area contributed by atoms with Gasteiger partial charge in [-0.05, 0) is 53.9 Å². The third-order valence-electron chi connectivity index (χ3n) is 5.80. The average molecular weight is 479 g/mol. The number of rotatable bonds is 9. The van der Waals surface area contributed by atoms with Gasteiger partial charge in [0.15, 0.2) is 9.84 Å². The Hall–Kier alpha value is -3.45. The molecule has 178 valence electrons. The molecule has 0 heterocycles. The van der Waals surface area contributed by atoms with Crippen molar-refractivity contribution < 1.29 is 18.0 Å². The number of anilines is 1. The summed E-state index contributed by atoms with van der Waals surface area (Å²) in [6.45, 7) is 3.65. The second-order valence-electron chi connectivity index (χ2n) is 8.10. The third kappa shape index (κ3) is 6.11. The lowest BCUT2D eigenvalue weighted by atomic mass is 10.0. The number of sulfone groups is 1. The Morgan fingerprint density at radius 3 is 2.06 bits per heavy atom. The van der Waals surface area contributed by atoms with Gasteiger partial charge < -0.3 is 10.2 Å². The van der Waals surface area contributed by atoms with Crippen molar-refractivity contribution in [2.75, 3.05) is 18.1 Å². The van der Waals surface area contributed by atoms with E-state index >= 15 is 0 Å². The van der Waals surface area contributed by atoms with Gasteiger partial charge in [0.1, 0.15) is 0 Å². The van der Waals surface area contributed by atoms with Crippen LogP contribution in [0.25, 0.3) is 0 Å². The average Bonchev–Trinajstić information content (AvgIpc) is 2.85. The van der Waals surface area contributed by atoms with Gasteiger partial charge in [-0.1, -0.05) is 56.3 Å². The van der Waals surface area contributed by atoms with Gasteiger partial charge in [-0.2, -0.15) is 0 Å². The summed E-state index contributed by atoms with van der Waals surface area (Å²) in [7, 11) is -1.46. The van der Waals surface area contributed by atoms with Crippen LogP contribution in [0.15, 0.2) is 83.8 Å². The Kier molecular flexibility index (Phi) is 8.23. The summed E-state index contributed by atoms with van der Waals surface area (Å²) < 4.78 is 23.8. The molecule has 0 fully saturated rings. The van der Waals surface area contributed by atoms with Crippen molar-refractivity contribution in [2.24, 2.45) is 0 Å². The highest BCUT2D eigenvalue weighted by atomic mass is 32.2. The van der Waals surface area contributed by atoms with Gasteiger partial charge >= 0.3 is 0 Å². The minimum absolute atomic E-state index is 0.0215. The maximum absolute atomic E-state index is 13.0. The molecule has 0 aliphatic carbocycles. The van der Waals surface area contributed by atoms with Crippen molar-refractivity contribution in [3.63, 3.8) is 0 Å². The first-order valence-electron chi connectivity index (χ1n) is 11.3. The maximum Gasteiger partial charge on any atom is 0.254 e. The first kappa shape index (κ1) is 25.2. The number of nitrogens with zero attached hydrogens (tertiary/aromatic N) is 1. The Labute approximate surface area is 201 Å². The fourth-order valence-corrected chi connectivity index (χ4v) is 4.71. The van der Waals surface area contributed by atoms with E-state index in [1.54, 1.807) is 55.3 Å². The molecule has 0 saturated carbocycles. The van der Waals surface area contributed by atoms with Gasteiger partial charge in [0, 0.05) is 18.3 Å². The first-order chi connectivity index (χ1) is 16.2. The Morgan fingerprint density at radius 2 is 1.50 bits per heavy atom. The van der Waals surface area contributed by atoms with Crippen LogP contribution in [-0.2, 0) is 21.1 Å². The number of carbonyl (C=O) groups is 2. The molecule has 0 bridgehead atoms. The molecular formula is C27H30N2O4S. The molecule has 3 aromatic carbocycles. The molecule has 0 aliphatic heterocycles. The maximum atomic E-state index is 13.0. The number of hydrogen-bond donors (Lipinski definition) is 1. The number of nitrogens with one attached hydrogen (secondary N) is 1. The minimum atomic E-state index is -3.26. The number of hydrogen-bond acceptors (Lipinski definition) is 4. The molecule has 2 amide bonds. The van der Waals surface area contributed by atoms with Crippen molar-refractivity contribution in [1.82, 2.24) is 4.90 Å². The van der Waals surface area contributed by atoms with E-state index in [2.05, 4.69) is 12.2 Å². The van der Waals surface area contributed by atoms with Crippen LogP contribution in [0.1, 0.15) is 47.8 Å². The molecule has 0 aliphatic rings. The van der Waals surface area contributed by atoms with Crippen LogP contribution in [0.2, 0.25) is 0 Å². The van der Waals surface area contributed by atoms with Crippen molar-refractivity contribution in [2.45, 2.75) is 37.6 Å². The van der Waals surface area contributed by atoms with E-state index in [0.29, 0.717) is 16.8 Å². The minimum Gasteiger partial charge on any atom is -0.335 e. The molecule has 1 N–H and O–H groups in total. The van der Waals surface area contributed by atoms with Crippen molar-refractivity contribution >= 4 is 27.3 Å². The quantitative estimate of drug-likeness (QED) is 0.475. The predicted molar refractivity (Wildman–Crippen MR) is 135 cm³/mol. The smallest absolute Gasteiger partial charge is 0.254 e. The lowest BCUT2D eigenvalue weighted by Crippen LogP contribution is -2.31. The van der Waals surface area contributed by atoms with E-state index in [0.717, 1.165) is 12.0 Å². The summed E-state index contributed by atoms with van der Waals surface area (Å²) in [4.78, 5) is 27.4. The largest absolute Gasteiger partial charge is 0.335 e. The number of amides is 2. The molecular weight excluding hydrogens is 448 g/mol. The normalized spacial score (nSPS) is 12.1. The van der Waals surface area contributed by atoms with E-state index in [1.165, 1.54) is 12.1 Å². The van der Waals surface area contributed by atoms with Crippen LogP contribution in [0, 0.1) is 0 Å². The molecule has 3 rings (SSSR count). The van der Waals surface area contributed by atoms with E-state index in [9.17, 15) is 18.0 Å². The van der Waals surface area contributed by atoms with Gasteiger partial charge in [-0.25, -0.2) is 8.42 Å². The van der Waals surface area contributed by atoms with Crippen LogP contribution in [0.4, 0.5) is 5.69 Å². The summed E-state index contributed by atoms with van der Waals surface area (Å²) in [6.07, 6.45) is 0.914. The molecule has 0 saturated heterocycles. The van der Waals surface area contributed by atoms with Gasteiger partial charge in [0.05, 0.1) is 23.1 Å². The lowest BCUT2D eigenvalue weighted by molar-refractivity contribution is -0.115. The van der Waals surface area contributed by atoms with E-state index < -0.39 is 9.84 Å². The van der Waals surface area contributed by atoms with E-state index in [4.69, 9.17) is 0 Å². The zero-order valence-corrected chi connectivity index (χ0v) is 20.5. The summed E-state index contributed by atoms with van der Waals surface area (Å²) in [5.74, 6) is -0.278. The Balaban J connectivity index is 1.61. The van der Waals surface area contributed by atoms with Crippen LogP contribution in [0.5, 0.6) is 0 Å². The van der Waals surface area contributed by atoms with E-state index in [-0.39, 0.29) is 34.9 Å².